The second-order valence-electron chi connectivity index (χ2n) is 8.46. The average molecular weight is 501 g/mol. The minimum atomic E-state index is -0.0525. The van der Waals surface area contributed by atoms with E-state index in [0.29, 0.717) is 22.2 Å². The molecule has 0 bridgehead atoms. The topological polar surface area (TPSA) is 60.6 Å². The van der Waals surface area contributed by atoms with Crippen LogP contribution in [-0.2, 0) is 0 Å². The summed E-state index contributed by atoms with van der Waals surface area (Å²) in [6.07, 6.45) is 0.899. The minimum Gasteiger partial charge on any atom is -0.497 e. The van der Waals surface area contributed by atoms with Gasteiger partial charge in [0.25, 0.3) is 5.91 Å². The summed E-state index contributed by atoms with van der Waals surface area (Å²) in [7, 11) is 1.65. The number of aromatic amines is 1. The molecule has 1 aromatic heterocycles. The summed E-state index contributed by atoms with van der Waals surface area (Å²) >= 11 is 12.5. The summed E-state index contributed by atoms with van der Waals surface area (Å²) < 4.78 is 5.30. The van der Waals surface area contributed by atoms with Crippen molar-refractivity contribution in [3.63, 3.8) is 0 Å². The third kappa shape index (κ3) is 5.69. The standard InChI is InChI=1S/C26H30Cl2N4O2/c1-18-21(17-23(30-18)19-6-3-7-20(16-19)34-2)26(33)29-10-5-11-31-12-14-32(15-13-31)24-9-4-8-22(27)25(24)28/h3-4,6-9,16-17,30H,5,10-15H2,1-2H3,(H,29,33). The number of carbonyl (C=O) groups excluding carboxylic acids is 1. The van der Waals surface area contributed by atoms with Crippen molar-refractivity contribution >= 4 is 34.8 Å². The fourth-order valence-electron chi connectivity index (χ4n) is 4.29. The maximum absolute atomic E-state index is 12.7. The molecule has 6 nitrogen and oxygen atoms in total. The van der Waals surface area contributed by atoms with Gasteiger partial charge in [-0.05, 0) is 50.2 Å². The number of hydrogen-bond acceptors (Lipinski definition) is 4. The molecule has 180 valence electrons. The van der Waals surface area contributed by atoms with Gasteiger partial charge in [-0.3, -0.25) is 9.69 Å². The quantitative estimate of drug-likeness (QED) is 0.414. The van der Waals surface area contributed by atoms with E-state index >= 15 is 0 Å². The third-order valence-electron chi connectivity index (χ3n) is 6.22. The third-order valence-corrected chi connectivity index (χ3v) is 7.03. The van der Waals surface area contributed by atoms with E-state index < -0.39 is 0 Å². The molecule has 1 saturated heterocycles. The Morgan fingerprint density at radius 2 is 1.85 bits per heavy atom. The van der Waals surface area contributed by atoms with Gasteiger partial charge in [-0.2, -0.15) is 0 Å². The number of aryl methyl sites for hydroxylation is 1. The van der Waals surface area contributed by atoms with Gasteiger partial charge in [-0.1, -0.05) is 41.4 Å². The minimum absolute atomic E-state index is 0.0525. The molecule has 1 amide bonds. The van der Waals surface area contributed by atoms with Crippen LogP contribution < -0.4 is 15.0 Å². The molecular weight excluding hydrogens is 471 g/mol. The van der Waals surface area contributed by atoms with Crippen LogP contribution in [0.25, 0.3) is 11.3 Å². The van der Waals surface area contributed by atoms with Crippen LogP contribution in [0, 0.1) is 6.92 Å². The van der Waals surface area contributed by atoms with E-state index in [1.165, 1.54) is 0 Å². The van der Waals surface area contributed by atoms with Crippen LogP contribution in [0.15, 0.2) is 48.5 Å². The number of anilines is 1. The lowest BCUT2D eigenvalue weighted by atomic mass is 10.1. The van der Waals surface area contributed by atoms with Crippen molar-refractivity contribution in [1.82, 2.24) is 15.2 Å². The van der Waals surface area contributed by atoms with E-state index in [0.717, 1.165) is 67.5 Å². The van der Waals surface area contributed by atoms with Crippen molar-refractivity contribution in [1.29, 1.82) is 0 Å². The van der Waals surface area contributed by atoms with Gasteiger partial charge in [-0.15, -0.1) is 0 Å². The fraction of sp³-hybridized carbons (Fsp3) is 0.346. The van der Waals surface area contributed by atoms with Crippen molar-refractivity contribution in [2.75, 3.05) is 51.3 Å². The van der Waals surface area contributed by atoms with E-state index in [2.05, 4.69) is 20.1 Å². The molecule has 2 N–H and O–H groups in total. The highest BCUT2D eigenvalue weighted by molar-refractivity contribution is 6.43. The van der Waals surface area contributed by atoms with Crippen LogP contribution in [0.5, 0.6) is 5.75 Å². The van der Waals surface area contributed by atoms with Crippen molar-refractivity contribution < 1.29 is 9.53 Å². The predicted octanol–water partition coefficient (Wildman–Crippen LogP) is 5.25. The van der Waals surface area contributed by atoms with Crippen molar-refractivity contribution in [3.05, 3.63) is 69.8 Å². The maximum atomic E-state index is 12.7. The zero-order valence-electron chi connectivity index (χ0n) is 19.5. The summed E-state index contributed by atoms with van der Waals surface area (Å²) in [4.78, 5) is 20.8. The second-order valence-corrected chi connectivity index (χ2v) is 9.25. The van der Waals surface area contributed by atoms with Gasteiger partial charge < -0.3 is 19.9 Å². The lowest BCUT2D eigenvalue weighted by Crippen LogP contribution is -2.47. The van der Waals surface area contributed by atoms with Gasteiger partial charge in [0.15, 0.2) is 0 Å². The number of piperazine rings is 1. The van der Waals surface area contributed by atoms with Crippen LogP contribution >= 0.6 is 23.2 Å². The zero-order valence-corrected chi connectivity index (χ0v) is 21.0. The van der Waals surface area contributed by atoms with Crippen LogP contribution in [0.4, 0.5) is 5.69 Å². The number of nitrogens with zero attached hydrogens (tertiary/aromatic N) is 2. The van der Waals surface area contributed by atoms with E-state index in [1.54, 1.807) is 7.11 Å². The Morgan fingerprint density at radius 1 is 1.09 bits per heavy atom. The van der Waals surface area contributed by atoms with Crippen molar-refractivity contribution in [2.24, 2.45) is 0 Å². The number of amides is 1. The molecule has 34 heavy (non-hydrogen) atoms. The molecule has 0 aliphatic carbocycles. The fourth-order valence-corrected chi connectivity index (χ4v) is 4.70. The van der Waals surface area contributed by atoms with E-state index in [4.69, 9.17) is 27.9 Å². The van der Waals surface area contributed by atoms with Gasteiger partial charge in [0, 0.05) is 49.7 Å². The number of H-pyrrole nitrogens is 1. The molecule has 2 aromatic carbocycles. The highest BCUT2D eigenvalue weighted by atomic mass is 35.5. The molecule has 3 aromatic rings. The first kappa shape index (κ1) is 24.5. The van der Waals surface area contributed by atoms with Gasteiger partial charge in [-0.25, -0.2) is 0 Å². The Morgan fingerprint density at radius 3 is 2.62 bits per heavy atom. The summed E-state index contributed by atoms with van der Waals surface area (Å²) in [5, 5.41) is 4.27. The van der Waals surface area contributed by atoms with Gasteiger partial charge in [0.2, 0.25) is 0 Å². The van der Waals surface area contributed by atoms with Crippen LogP contribution in [0.2, 0.25) is 10.0 Å². The first-order valence-corrected chi connectivity index (χ1v) is 12.3. The van der Waals surface area contributed by atoms with Crippen molar-refractivity contribution in [3.8, 4) is 17.0 Å². The lowest BCUT2D eigenvalue weighted by Gasteiger charge is -2.36. The normalized spacial score (nSPS) is 14.3. The molecule has 8 heteroatoms. The molecule has 0 radical (unpaired) electrons. The Balaban J connectivity index is 1.23. The highest BCUT2D eigenvalue weighted by Gasteiger charge is 2.20. The predicted molar refractivity (Wildman–Crippen MR) is 140 cm³/mol. The summed E-state index contributed by atoms with van der Waals surface area (Å²) in [6.45, 7) is 7.22. The Kier molecular flexibility index (Phi) is 8.03. The van der Waals surface area contributed by atoms with Crippen molar-refractivity contribution in [2.45, 2.75) is 13.3 Å². The zero-order chi connectivity index (χ0) is 24.1. The molecule has 0 spiro atoms. The van der Waals surface area contributed by atoms with E-state index in [9.17, 15) is 4.79 Å². The number of ether oxygens (including phenoxy) is 1. The van der Waals surface area contributed by atoms with Gasteiger partial charge >= 0.3 is 0 Å². The molecule has 1 fully saturated rings. The number of nitrogens with one attached hydrogen (secondary N) is 2. The average Bonchev–Trinajstić information content (AvgIpc) is 3.25. The number of methoxy groups -OCH3 is 1. The van der Waals surface area contributed by atoms with Crippen LogP contribution in [0.1, 0.15) is 22.5 Å². The number of halogens is 2. The Hall–Kier alpha value is -2.67. The Bertz CT molecular complexity index is 1140. The number of carbonyl (C=O) groups is 1. The van der Waals surface area contributed by atoms with E-state index in [-0.39, 0.29) is 5.91 Å². The number of hydrogen-bond donors (Lipinski definition) is 2. The number of aromatic nitrogens is 1. The van der Waals surface area contributed by atoms with Gasteiger partial charge in [0.05, 0.1) is 28.4 Å². The smallest absolute Gasteiger partial charge is 0.253 e. The molecule has 1 aliphatic rings. The molecule has 0 saturated carbocycles. The summed E-state index contributed by atoms with van der Waals surface area (Å²) in [5.41, 5.74) is 4.41. The first-order chi connectivity index (χ1) is 16.5. The highest BCUT2D eigenvalue weighted by Crippen LogP contribution is 2.33. The summed E-state index contributed by atoms with van der Waals surface area (Å²) in [5.74, 6) is 0.732. The molecule has 2 heterocycles. The Labute approximate surface area is 210 Å². The molecule has 4 rings (SSSR count). The first-order valence-electron chi connectivity index (χ1n) is 11.5. The number of rotatable bonds is 8. The SMILES string of the molecule is COc1cccc(-c2cc(C(=O)NCCCN3CCN(c4cccc(Cl)c4Cl)CC3)c(C)[nH]2)c1. The van der Waals surface area contributed by atoms with E-state index in [1.807, 2.05) is 55.5 Å². The molecular formula is C26H30Cl2N4O2. The van der Waals surface area contributed by atoms with Gasteiger partial charge in [0.1, 0.15) is 5.75 Å². The van der Waals surface area contributed by atoms with Crippen LogP contribution in [-0.4, -0.2) is 62.2 Å². The molecule has 0 atom stereocenters. The lowest BCUT2D eigenvalue weighted by molar-refractivity contribution is 0.0951. The molecule has 1 aliphatic heterocycles. The van der Waals surface area contributed by atoms with Crippen LogP contribution in [0.3, 0.4) is 0 Å². The largest absolute Gasteiger partial charge is 0.497 e. The second kappa shape index (κ2) is 11.2. The number of benzene rings is 2. The molecule has 0 unspecified atom stereocenters. The maximum Gasteiger partial charge on any atom is 0.253 e. The summed E-state index contributed by atoms with van der Waals surface area (Å²) in [6, 6.07) is 15.5. The monoisotopic (exact) mass is 500 g/mol.